The number of hydrogen-bond donors (Lipinski definition) is 0. The molecule has 4 aromatic rings. The van der Waals surface area contributed by atoms with Crippen molar-refractivity contribution in [3.8, 4) is 11.3 Å². The molecule has 28 heavy (non-hydrogen) atoms. The third-order valence-corrected chi connectivity index (χ3v) is 4.71. The molecule has 138 valence electrons. The Labute approximate surface area is 163 Å². The molecule has 0 unspecified atom stereocenters. The maximum Gasteiger partial charge on any atom is 0.211 e. The van der Waals surface area contributed by atoms with Crippen molar-refractivity contribution >= 4 is 23.2 Å². The molecule has 0 radical (unpaired) electrons. The van der Waals surface area contributed by atoms with Crippen LogP contribution in [0.2, 0.25) is 0 Å². The third-order valence-electron chi connectivity index (χ3n) is 3.90. The highest BCUT2D eigenvalue weighted by atomic mass is 32.1. The minimum atomic E-state index is -0.441. The van der Waals surface area contributed by atoms with Crippen LogP contribution in [0.3, 0.4) is 0 Å². The molecule has 4 nitrogen and oxygen atoms in total. The van der Waals surface area contributed by atoms with Gasteiger partial charge in [-0.25, -0.2) is 18.4 Å². The molecule has 0 aliphatic heterocycles. The molecule has 0 fully saturated rings. The quantitative estimate of drug-likeness (QED) is 0.451. The molecular formula is C21H14F2N4S. The molecule has 0 atom stereocenters. The van der Waals surface area contributed by atoms with Gasteiger partial charge in [0.15, 0.2) is 0 Å². The predicted molar refractivity (Wildman–Crippen MR) is 107 cm³/mol. The van der Waals surface area contributed by atoms with Crippen molar-refractivity contribution in [2.24, 2.45) is 10.1 Å². The van der Waals surface area contributed by atoms with E-state index < -0.39 is 5.82 Å². The van der Waals surface area contributed by atoms with E-state index in [1.165, 1.54) is 28.1 Å². The minimum Gasteiger partial charge on any atom is -0.255 e. The van der Waals surface area contributed by atoms with Gasteiger partial charge in [-0.15, -0.1) is 11.3 Å². The lowest BCUT2D eigenvalue weighted by Crippen LogP contribution is -2.12. The van der Waals surface area contributed by atoms with Crippen LogP contribution in [0, 0.1) is 11.6 Å². The summed E-state index contributed by atoms with van der Waals surface area (Å²) in [5.41, 5.74) is 1.72. The number of benzene rings is 2. The second-order valence-corrected chi connectivity index (χ2v) is 6.59. The zero-order chi connectivity index (χ0) is 19.3. The highest BCUT2D eigenvalue weighted by molar-refractivity contribution is 7.07. The van der Waals surface area contributed by atoms with Crippen molar-refractivity contribution < 1.29 is 8.78 Å². The summed E-state index contributed by atoms with van der Waals surface area (Å²) in [6.45, 7) is 0. The first-order valence-electron chi connectivity index (χ1n) is 8.42. The Balaban J connectivity index is 1.89. The number of hydrogen-bond acceptors (Lipinski definition) is 4. The first-order valence-corrected chi connectivity index (χ1v) is 9.30. The largest absolute Gasteiger partial charge is 0.255 e. The molecule has 0 saturated carbocycles. The molecule has 0 spiro atoms. The summed E-state index contributed by atoms with van der Waals surface area (Å²) in [5, 5.41) is 6.18. The van der Waals surface area contributed by atoms with E-state index in [0.29, 0.717) is 21.8 Å². The second kappa shape index (κ2) is 8.06. The van der Waals surface area contributed by atoms with Crippen LogP contribution in [-0.2, 0) is 0 Å². The summed E-state index contributed by atoms with van der Waals surface area (Å²) in [5.74, 6) is -0.817. The molecule has 2 aromatic carbocycles. The summed E-state index contributed by atoms with van der Waals surface area (Å²) < 4.78 is 29.9. The zero-order valence-electron chi connectivity index (χ0n) is 14.5. The van der Waals surface area contributed by atoms with Crippen molar-refractivity contribution in [1.29, 1.82) is 0 Å². The zero-order valence-corrected chi connectivity index (χ0v) is 15.4. The van der Waals surface area contributed by atoms with E-state index in [9.17, 15) is 8.78 Å². The van der Waals surface area contributed by atoms with Gasteiger partial charge in [-0.2, -0.15) is 5.10 Å². The van der Waals surface area contributed by atoms with Crippen LogP contribution in [0.5, 0.6) is 0 Å². The van der Waals surface area contributed by atoms with Gasteiger partial charge in [-0.1, -0.05) is 30.3 Å². The number of pyridine rings is 1. The third kappa shape index (κ3) is 3.79. The standard InChI is InChI=1S/C21H14F2N4S/c22-17-9-2-1-8-16(17)20-14-28-21(26-19-11-4-3-10-18(19)23)27(20)25-13-15-7-5-6-12-24-15/h1-14H. The summed E-state index contributed by atoms with van der Waals surface area (Å²) in [7, 11) is 0. The fourth-order valence-electron chi connectivity index (χ4n) is 2.56. The van der Waals surface area contributed by atoms with Crippen LogP contribution in [0.1, 0.15) is 5.69 Å². The Morgan fingerprint density at radius 2 is 1.64 bits per heavy atom. The molecule has 0 amide bonds. The Kier molecular flexibility index (Phi) is 5.16. The minimum absolute atomic E-state index is 0.186. The second-order valence-electron chi connectivity index (χ2n) is 5.76. The molecule has 0 saturated heterocycles. The SMILES string of the molecule is Fc1ccccc1N=c1scc(-c2ccccc2F)n1N=Cc1ccccn1. The summed E-state index contributed by atoms with van der Waals surface area (Å²) >= 11 is 1.25. The van der Waals surface area contributed by atoms with E-state index in [1.807, 2.05) is 6.07 Å². The van der Waals surface area contributed by atoms with Crippen molar-refractivity contribution in [1.82, 2.24) is 9.66 Å². The summed E-state index contributed by atoms with van der Waals surface area (Å²) in [6, 6.07) is 18.1. The summed E-state index contributed by atoms with van der Waals surface area (Å²) in [4.78, 5) is 8.99. The van der Waals surface area contributed by atoms with Gasteiger partial charge in [0, 0.05) is 17.1 Å². The highest BCUT2D eigenvalue weighted by Gasteiger charge is 2.12. The van der Waals surface area contributed by atoms with Gasteiger partial charge >= 0.3 is 0 Å². The van der Waals surface area contributed by atoms with Gasteiger partial charge in [0.1, 0.15) is 17.3 Å². The first-order chi connectivity index (χ1) is 13.7. The topological polar surface area (TPSA) is 42.5 Å². The normalized spacial score (nSPS) is 12.0. The van der Waals surface area contributed by atoms with Crippen LogP contribution < -0.4 is 4.80 Å². The lowest BCUT2D eigenvalue weighted by atomic mass is 10.1. The van der Waals surface area contributed by atoms with E-state index in [4.69, 9.17) is 0 Å². The van der Waals surface area contributed by atoms with Gasteiger partial charge in [0.25, 0.3) is 0 Å². The van der Waals surface area contributed by atoms with Crippen LogP contribution in [0.25, 0.3) is 11.3 Å². The fraction of sp³-hybridized carbons (Fsp3) is 0. The Bertz CT molecular complexity index is 1200. The fourth-order valence-corrected chi connectivity index (χ4v) is 3.40. The van der Waals surface area contributed by atoms with E-state index >= 15 is 0 Å². The maximum absolute atomic E-state index is 14.4. The number of thiazole rings is 1. The number of para-hydroxylation sites is 1. The average Bonchev–Trinajstić information content (AvgIpc) is 3.11. The van der Waals surface area contributed by atoms with Crippen LogP contribution in [-0.4, -0.2) is 15.9 Å². The van der Waals surface area contributed by atoms with Gasteiger partial charge in [-0.05, 0) is 36.4 Å². The lowest BCUT2D eigenvalue weighted by molar-refractivity contribution is 0.627. The number of nitrogens with zero attached hydrogens (tertiary/aromatic N) is 4. The smallest absolute Gasteiger partial charge is 0.211 e. The molecule has 0 aliphatic carbocycles. The number of halogens is 2. The molecule has 0 N–H and O–H groups in total. The van der Waals surface area contributed by atoms with Crippen LogP contribution in [0.4, 0.5) is 14.5 Å². The molecule has 4 rings (SSSR count). The maximum atomic E-state index is 14.4. The summed E-state index contributed by atoms with van der Waals surface area (Å²) in [6.07, 6.45) is 3.21. The first kappa shape index (κ1) is 17.9. The highest BCUT2D eigenvalue weighted by Crippen LogP contribution is 2.24. The van der Waals surface area contributed by atoms with Gasteiger partial charge in [0.05, 0.1) is 17.6 Å². The number of aromatic nitrogens is 2. The van der Waals surface area contributed by atoms with Crippen LogP contribution >= 0.6 is 11.3 Å². The Morgan fingerprint density at radius 3 is 2.39 bits per heavy atom. The van der Waals surface area contributed by atoms with Crippen molar-refractivity contribution in [3.63, 3.8) is 0 Å². The van der Waals surface area contributed by atoms with Gasteiger partial charge in [0.2, 0.25) is 4.80 Å². The Hall–Kier alpha value is -3.45. The molecule has 2 heterocycles. The van der Waals surface area contributed by atoms with Crippen LogP contribution in [0.15, 0.2) is 88.4 Å². The van der Waals surface area contributed by atoms with Gasteiger partial charge < -0.3 is 0 Å². The van der Waals surface area contributed by atoms with Crippen molar-refractivity contribution in [3.05, 3.63) is 100 Å². The Morgan fingerprint density at radius 1 is 0.893 bits per heavy atom. The number of rotatable bonds is 4. The molecule has 7 heteroatoms. The molecule has 0 bridgehead atoms. The molecule has 0 aliphatic rings. The predicted octanol–water partition coefficient (Wildman–Crippen LogP) is 5.00. The van der Waals surface area contributed by atoms with E-state index in [1.54, 1.807) is 66.3 Å². The lowest BCUT2D eigenvalue weighted by Gasteiger charge is -2.04. The monoisotopic (exact) mass is 392 g/mol. The van der Waals surface area contributed by atoms with E-state index in [2.05, 4.69) is 15.1 Å². The molecule has 2 aromatic heterocycles. The van der Waals surface area contributed by atoms with E-state index in [0.717, 1.165) is 0 Å². The average molecular weight is 392 g/mol. The van der Waals surface area contributed by atoms with Gasteiger partial charge in [-0.3, -0.25) is 4.98 Å². The van der Waals surface area contributed by atoms with E-state index in [-0.39, 0.29) is 11.5 Å². The molecular weight excluding hydrogens is 378 g/mol. The van der Waals surface area contributed by atoms with Crippen molar-refractivity contribution in [2.45, 2.75) is 0 Å². The van der Waals surface area contributed by atoms with Crippen molar-refractivity contribution in [2.75, 3.05) is 0 Å².